The Bertz CT molecular complexity index is 887. The van der Waals surface area contributed by atoms with Crippen molar-refractivity contribution in [2.45, 2.75) is 24.3 Å². The van der Waals surface area contributed by atoms with Crippen LogP contribution in [-0.4, -0.2) is 64.1 Å². The van der Waals surface area contributed by atoms with Crippen LogP contribution in [-0.2, 0) is 16.4 Å². The normalized spacial score (nSPS) is 18.8. The summed E-state index contributed by atoms with van der Waals surface area (Å²) in [5.41, 5.74) is 1.30. The molecule has 0 amide bonds. The summed E-state index contributed by atoms with van der Waals surface area (Å²) in [5, 5.41) is 0. The van der Waals surface area contributed by atoms with Crippen LogP contribution in [0.15, 0.2) is 53.4 Å². The van der Waals surface area contributed by atoms with E-state index in [2.05, 4.69) is 24.0 Å². The van der Waals surface area contributed by atoms with Gasteiger partial charge in [0.15, 0.2) is 11.5 Å². The van der Waals surface area contributed by atoms with Gasteiger partial charge < -0.3 is 9.47 Å². The first-order valence-electron chi connectivity index (χ1n) is 9.46. The predicted octanol–water partition coefficient (Wildman–Crippen LogP) is 2.64. The molecule has 1 saturated heterocycles. The highest BCUT2D eigenvalue weighted by molar-refractivity contribution is 7.89. The standard InChI is InChI=1S/C21H28N2O4S/c1-17-16-23(14-13-22(17)12-11-18-7-5-4-6-8-18)28(24,25)19-9-10-20(26-2)21(15-19)27-3/h4-10,15,17H,11-14,16H2,1-3H3. The fourth-order valence-electron chi connectivity index (χ4n) is 3.56. The zero-order valence-corrected chi connectivity index (χ0v) is 17.5. The highest BCUT2D eigenvalue weighted by atomic mass is 32.2. The first kappa shape index (κ1) is 20.6. The van der Waals surface area contributed by atoms with Crippen LogP contribution in [0.4, 0.5) is 0 Å². The average molecular weight is 405 g/mol. The lowest BCUT2D eigenvalue weighted by Gasteiger charge is -2.39. The van der Waals surface area contributed by atoms with Crippen LogP contribution in [0.3, 0.4) is 0 Å². The number of hydrogen-bond donors (Lipinski definition) is 0. The maximum absolute atomic E-state index is 13.1. The molecule has 0 saturated carbocycles. The Morgan fingerprint density at radius 2 is 1.71 bits per heavy atom. The fourth-order valence-corrected chi connectivity index (χ4v) is 5.08. The van der Waals surface area contributed by atoms with Crippen molar-refractivity contribution in [2.75, 3.05) is 40.4 Å². The van der Waals surface area contributed by atoms with E-state index in [1.807, 2.05) is 18.2 Å². The number of ether oxygens (including phenoxy) is 2. The molecular formula is C21H28N2O4S. The molecule has 2 aromatic carbocycles. The third-order valence-electron chi connectivity index (χ3n) is 5.25. The largest absolute Gasteiger partial charge is 0.493 e. The average Bonchev–Trinajstić information content (AvgIpc) is 2.72. The van der Waals surface area contributed by atoms with Gasteiger partial charge in [-0.3, -0.25) is 4.90 Å². The Balaban J connectivity index is 1.67. The van der Waals surface area contributed by atoms with Gasteiger partial charge in [0, 0.05) is 38.3 Å². The number of piperazine rings is 1. The Morgan fingerprint density at radius 1 is 1.00 bits per heavy atom. The summed E-state index contributed by atoms with van der Waals surface area (Å²) in [5.74, 6) is 0.929. The molecule has 1 aliphatic heterocycles. The molecule has 3 rings (SSSR count). The first-order valence-corrected chi connectivity index (χ1v) is 10.9. The molecule has 0 aromatic heterocycles. The van der Waals surface area contributed by atoms with Crippen LogP contribution in [0, 0.1) is 0 Å². The van der Waals surface area contributed by atoms with Gasteiger partial charge in [-0.05, 0) is 31.0 Å². The fraction of sp³-hybridized carbons (Fsp3) is 0.429. The molecule has 6 nitrogen and oxygen atoms in total. The van der Waals surface area contributed by atoms with E-state index in [-0.39, 0.29) is 10.9 Å². The van der Waals surface area contributed by atoms with Gasteiger partial charge in [-0.2, -0.15) is 4.31 Å². The molecular weight excluding hydrogens is 376 g/mol. The van der Waals surface area contributed by atoms with E-state index in [0.717, 1.165) is 19.5 Å². The number of hydrogen-bond acceptors (Lipinski definition) is 5. The molecule has 1 unspecified atom stereocenters. The van der Waals surface area contributed by atoms with Crippen molar-refractivity contribution in [2.24, 2.45) is 0 Å². The van der Waals surface area contributed by atoms with E-state index in [0.29, 0.717) is 24.6 Å². The lowest BCUT2D eigenvalue weighted by Crippen LogP contribution is -2.53. The number of nitrogens with zero attached hydrogens (tertiary/aromatic N) is 2. The Labute approximate surface area is 167 Å². The topological polar surface area (TPSA) is 59.1 Å². The smallest absolute Gasteiger partial charge is 0.243 e. The zero-order valence-electron chi connectivity index (χ0n) is 16.7. The second-order valence-electron chi connectivity index (χ2n) is 7.00. The van der Waals surface area contributed by atoms with E-state index < -0.39 is 10.0 Å². The van der Waals surface area contributed by atoms with Crippen LogP contribution >= 0.6 is 0 Å². The maximum Gasteiger partial charge on any atom is 0.243 e. The SMILES string of the molecule is COc1ccc(S(=O)(=O)N2CCN(CCc3ccccc3)C(C)C2)cc1OC. The molecule has 28 heavy (non-hydrogen) atoms. The van der Waals surface area contributed by atoms with Crippen molar-refractivity contribution >= 4 is 10.0 Å². The van der Waals surface area contributed by atoms with E-state index >= 15 is 0 Å². The molecule has 0 radical (unpaired) electrons. The first-order chi connectivity index (χ1) is 13.5. The third kappa shape index (κ3) is 4.48. The van der Waals surface area contributed by atoms with Gasteiger partial charge in [0.25, 0.3) is 0 Å². The second kappa shape index (κ2) is 8.94. The van der Waals surface area contributed by atoms with E-state index in [1.165, 1.54) is 25.8 Å². The van der Waals surface area contributed by atoms with Gasteiger partial charge in [-0.1, -0.05) is 30.3 Å². The van der Waals surface area contributed by atoms with Gasteiger partial charge >= 0.3 is 0 Å². The third-order valence-corrected chi connectivity index (χ3v) is 7.11. The minimum atomic E-state index is -3.57. The molecule has 152 valence electrons. The van der Waals surface area contributed by atoms with Gasteiger partial charge in [0.1, 0.15) is 0 Å². The molecule has 0 aliphatic carbocycles. The molecule has 7 heteroatoms. The molecule has 0 N–H and O–H groups in total. The number of sulfonamides is 1. The molecule has 0 spiro atoms. The van der Waals surface area contributed by atoms with Gasteiger partial charge in [0.05, 0.1) is 19.1 Å². The summed E-state index contributed by atoms with van der Waals surface area (Å²) >= 11 is 0. The van der Waals surface area contributed by atoms with Crippen molar-refractivity contribution in [3.05, 3.63) is 54.1 Å². The Hall–Kier alpha value is -2.09. The van der Waals surface area contributed by atoms with Crippen LogP contribution in [0.5, 0.6) is 11.5 Å². The monoisotopic (exact) mass is 404 g/mol. The molecule has 1 heterocycles. The Kier molecular flexibility index (Phi) is 6.59. The maximum atomic E-state index is 13.1. The summed E-state index contributed by atoms with van der Waals surface area (Å²) in [6.45, 7) is 4.69. The summed E-state index contributed by atoms with van der Waals surface area (Å²) in [6.07, 6.45) is 0.966. The predicted molar refractivity (Wildman–Crippen MR) is 109 cm³/mol. The summed E-state index contributed by atoms with van der Waals surface area (Å²) in [7, 11) is -0.540. The van der Waals surface area contributed by atoms with Gasteiger partial charge in [0.2, 0.25) is 10.0 Å². The highest BCUT2D eigenvalue weighted by Crippen LogP contribution is 2.31. The summed E-state index contributed by atoms with van der Waals surface area (Å²) in [6, 6.07) is 15.3. The second-order valence-corrected chi connectivity index (χ2v) is 8.94. The van der Waals surface area contributed by atoms with Crippen molar-refractivity contribution in [3.8, 4) is 11.5 Å². The van der Waals surface area contributed by atoms with Crippen molar-refractivity contribution < 1.29 is 17.9 Å². The van der Waals surface area contributed by atoms with Crippen molar-refractivity contribution in [1.29, 1.82) is 0 Å². The summed E-state index contributed by atoms with van der Waals surface area (Å²) in [4.78, 5) is 2.59. The van der Waals surface area contributed by atoms with Crippen molar-refractivity contribution in [3.63, 3.8) is 0 Å². The van der Waals surface area contributed by atoms with Gasteiger partial charge in [-0.15, -0.1) is 0 Å². The lowest BCUT2D eigenvalue weighted by atomic mass is 10.1. The van der Waals surface area contributed by atoms with Gasteiger partial charge in [-0.25, -0.2) is 8.42 Å². The Morgan fingerprint density at radius 3 is 2.36 bits per heavy atom. The van der Waals surface area contributed by atoms with Crippen LogP contribution < -0.4 is 9.47 Å². The van der Waals surface area contributed by atoms with Crippen LogP contribution in [0.2, 0.25) is 0 Å². The molecule has 1 fully saturated rings. The molecule has 1 atom stereocenters. The van der Waals surface area contributed by atoms with E-state index in [9.17, 15) is 8.42 Å². The number of rotatable bonds is 7. The zero-order chi connectivity index (χ0) is 20.1. The van der Waals surface area contributed by atoms with Crippen molar-refractivity contribution in [1.82, 2.24) is 9.21 Å². The highest BCUT2D eigenvalue weighted by Gasteiger charge is 2.32. The number of benzene rings is 2. The molecule has 2 aromatic rings. The minimum absolute atomic E-state index is 0.160. The molecule has 0 bridgehead atoms. The number of methoxy groups -OCH3 is 2. The lowest BCUT2D eigenvalue weighted by molar-refractivity contribution is 0.130. The van der Waals surface area contributed by atoms with E-state index in [1.54, 1.807) is 16.4 Å². The van der Waals surface area contributed by atoms with E-state index in [4.69, 9.17) is 9.47 Å². The quantitative estimate of drug-likeness (QED) is 0.710. The van der Waals surface area contributed by atoms with Crippen LogP contribution in [0.1, 0.15) is 12.5 Å². The molecule has 1 aliphatic rings. The van der Waals surface area contributed by atoms with Crippen LogP contribution in [0.25, 0.3) is 0 Å². The minimum Gasteiger partial charge on any atom is -0.493 e. The summed E-state index contributed by atoms with van der Waals surface area (Å²) < 4.78 is 38.2.